The van der Waals surface area contributed by atoms with Crippen molar-refractivity contribution in [1.29, 1.82) is 0 Å². The number of carbonyl (C=O) groups is 1. The van der Waals surface area contributed by atoms with Gasteiger partial charge >= 0.3 is 5.97 Å². The van der Waals surface area contributed by atoms with Crippen LogP contribution in [-0.2, 0) is 9.53 Å². The van der Waals surface area contributed by atoms with Crippen LogP contribution in [0.4, 0.5) is 0 Å². The zero-order chi connectivity index (χ0) is 13.9. The van der Waals surface area contributed by atoms with Gasteiger partial charge in [0.15, 0.2) is 6.54 Å². The van der Waals surface area contributed by atoms with Crippen molar-refractivity contribution in [1.82, 2.24) is 0 Å². The quantitative estimate of drug-likeness (QED) is 0.525. The van der Waals surface area contributed by atoms with Crippen molar-refractivity contribution < 1.29 is 26.4 Å². The third-order valence-corrected chi connectivity index (χ3v) is 3.85. The number of nitrogens with zero attached hydrogens (tertiary/aromatic N) is 1. The van der Waals surface area contributed by atoms with Crippen LogP contribution in [0.25, 0.3) is 0 Å². The first-order valence-corrected chi connectivity index (χ1v) is 7.19. The van der Waals surface area contributed by atoms with Crippen molar-refractivity contribution in [3.05, 3.63) is 0 Å². The Labute approximate surface area is 124 Å². The molecule has 0 amide bonds. The summed E-state index contributed by atoms with van der Waals surface area (Å²) in [5.74, 6) is 1.77. The van der Waals surface area contributed by atoms with Crippen LogP contribution in [0.15, 0.2) is 0 Å². The van der Waals surface area contributed by atoms with E-state index in [9.17, 15) is 4.79 Å². The monoisotopic (exact) mass is 291 g/mol. The van der Waals surface area contributed by atoms with Gasteiger partial charge in [-0.3, -0.25) is 0 Å². The minimum Gasteiger partial charge on any atom is -1.00 e. The average Bonchev–Trinajstić information content (AvgIpc) is 2.13. The van der Waals surface area contributed by atoms with Crippen LogP contribution in [0.5, 0.6) is 0 Å². The Morgan fingerprint density at radius 3 is 2.32 bits per heavy atom. The molecule has 114 valence electrons. The van der Waals surface area contributed by atoms with Gasteiger partial charge in [0.1, 0.15) is 6.10 Å². The molecule has 19 heavy (non-hydrogen) atoms. The first kappa shape index (κ1) is 18.7. The second-order valence-electron chi connectivity index (χ2n) is 7.30. The number of rotatable bonds is 4. The number of ether oxygens (including phenoxy) is 1. The predicted molar refractivity (Wildman–Crippen MR) is 74.1 cm³/mol. The molecule has 0 bridgehead atoms. The Morgan fingerprint density at radius 1 is 1.26 bits per heavy atom. The average molecular weight is 292 g/mol. The van der Waals surface area contributed by atoms with Gasteiger partial charge in [0.2, 0.25) is 0 Å². The van der Waals surface area contributed by atoms with Crippen molar-refractivity contribution in [3.63, 3.8) is 0 Å². The molecular formula is C15H30ClNO2. The zero-order valence-electron chi connectivity index (χ0n) is 13.3. The van der Waals surface area contributed by atoms with E-state index in [1.165, 1.54) is 12.8 Å². The lowest BCUT2D eigenvalue weighted by Gasteiger charge is -2.37. The second-order valence-corrected chi connectivity index (χ2v) is 7.30. The topological polar surface area (TPSA) is 26.3 Å². The summed E-state index contributed by atoms with van der Waals surface area (Å²) in [7, 11) is 6.06. The van der Waals surface area contributed by atoms with Gasteiger partial charge in [-0.2, -0.15) is 0 Å². The van der Waals surface area contributed by atoms with Gasteiger partial charge < -0.3 is 21.6 Å². The maximum absolute atomic E-state index is 12.0. The molecule has 0 spiro atoms. The fraction of sp³-hybridized carbons (Fsp3) is 0.933. The molecular weight excluding hydrogens is 262 g/mol. The Morgan fingerprint density at radius 2 is 1.84 bits per heavy atom. The van der Waals surface area contributed by atoms with E-state index in [4.69, 9.17) is 4.74 Å². The molecule has 3 atom stereocenters. The third-order valence-electron chi connectivity index (χ3n) is 3.85. The summed E-state index contributed by atoms with van der Waals surface area (Å²) >= 11 is 0. The minimum absolute atomic E-state index is 0. The van der Waals surface area contributed by atoms with E-state index in [0.717, 1.165) is 6.42 Å². The Hall–Kier alpha value is -0.280. The highest BCUT2D eigenvalue weighted by atomic mass is 35.5. The van der Waals surface area contributed by atoms with Crippen LogP contribution in [0, 0.1) is 17.8 Å². The van der Waals surface area contributed by atoms with E-state index in [2.05, 4.69) is 20.8 Å². The Kier molecular flexibility index (Phi) is 7.38. The highest BCUT2D eigenvalue weighted by Gasteiger charge is 2.34. The molecule has 3 nitrogen and oxygen atoms in total. The van der Waals surface area contributed by atoms with E-state index in [1.807, 2.05) is 21.1 Å². The van der Waals surface area contributed by atoms with Crippen LogP contribution in [-0.4, -0.2) is 44.2 Å². The Balaban J connectivity index is 0.00000324. The molecule has 0 N–H and O–H groups in total. The number of hydrogen-bond donors (Lipinski definition) is 0. The van der Waals surface area contributed by atoms with E-state index >= 15 is 0 Å². The lowest BCUT2D eigenvalue weighted by atomic mass is 9.75. The molecule has 1 fully saturated rings. The normalized spacial score (nSPS) is 27.8. The molecule has 1 rings (SSSR count). The summed E-state index contributed by atoms with van der Waals surface area (Å²) < 4.78 is 6.39. The van der Waals surface area contributed by atoms with Crippen molar-refractivity contribution in [2.45, 2.75) is 46.1 Å². The van der Waals surface area contributed by atoms with E-state index in [0.29, 0.717) is 28.8 Å². The largest absolute Gasteiger partial charge is 1.00 e. The summed E-state index contributed by atoms with van der Waals surface area (Å²) in [5, 5.41) is 0. The molecule has 0 aromatic heterocycles. The van der Waals surface area contributed by atoms with Crippen LogP contribution >= 0.6 is 0 Å². The number of hydrogen-bond acceptors (Lipinski definition) is 2. The summed E-state index contributed by atoms with van der Waals surface area (Å²) in [6, 6.07) is 0. The number of halogens is 1. The molecule has 4 heteroatoms. The molecule has 0 heterocycles. The summed E-state index contributed by atoms with van der Waals surface area (Å²) in [5.41, 5.74) is 0. The molecule has 0 aliphatic heterocycles. The van der Waals surface area contributed by atoms with Gasteiger partial charge in [-0.1, -0.05) is 27.2 Å². The third kappa shape index (κ3) is 6.62. The lowest BCUT2D eigenvalue weighted by Crippen LogP contribution is -3.00. The highest BCUT2D eigenvalue weighted by molar-refractivity contribution is 5.70. The maximum atomic E-state index is 12.0. The van der Waals surface area contributed by atoms with Gasteiger partial charge in [-0.05, 0) is 30.6 Å². The van der Waals surface area contributed by atoms with Gasteiger partial charge in [-0.25, -0.2) is 4.79 Å². The van der Waals surface area contributed by atoms with Crippen molar-refractivity contribution in [2.24, 2.45) is 17.8 Å². The van der Waals surface area contributed by atoms with Gasteiger partial charge in [0.25, 0.3) is 0 Å². The van der Waals surface area contributed by atoms with Crippen molar-refractivity contribution in [2.75, 3.05) is 27.7 Å². The minimum atomic E-state index is -0.0488. The van der Waals surface area contributed by atoms with Gasteiger partial charge in [-0.15, -0.1) is 0 Å². The van der Waals surface area contributed by atoms with Crippen LogP contribution in [0.1, 0.15) is 40.0 Å². The van der Waals surface area contributed by atoms with E-state index in [1.54, 1.807) is 0 Å². The summed E-state index contributed by atoms with van der Waals surface area (Å²) in [6.07, 6.45) is 3.63. The maximum Gasteiger partial charge on any atom is 0.362 e. The molecule has 0 radical (unpaired) electrons. The molecule has 0 aromatic rings. The SMILES string of the molecule is CC1CCC(C(C)C)C(OC(=O)C[N+](C)(C)C)C1.[Cl-]. The fourth-order valence-corrected chi connectivity index (χ4v) is 2.84. The van der Waals surface area contributed by atoms with Crippen molar-refractivity contribution in [3.8, 4) is 0 Å². The number of carbonyl (C=O) groups excluding carboxylic acids is 1. The molecule has 1 aliphatic rings. The molecule has 0 aromatic carbocycles. The number of esters is 1. The Bertz CT molecular complexity index is 286. The molecule has 1 aliphatic carbocycles. The lowest BCUT2D eigenvalue weighted by molar-refractivity contribution is -0.862. The highest BCUT2D eigenvalue weighted by Crippen LogP contribution is 2.35. The number of quaternary nitrogens is 1. The van der Waals surface area contributed by atoms with Gasteiger partial charge in [0, 0.05) is 0 Å². The van der Waals surface area contributed by atoms with E-state index < -0.39 is 0 Å². The van der Waals surface area contributed by atoms with Crippen LogP contribution in [0.3, 0.4) is 0 Å². The van der Waals surface area contributed by atoms with Crippen LogP contribution < -0.4 is 12.4 Å². The first-order valence-electron chi connectivity index (χ1n) is 7.19. The summed E-state index contributed by atoms with van der Waals surface area (Å²) in [6.45, 7) is 7.19. The molecule has 1 saturated carbocycles. The van der Waals surface area contributed by atoms with Crippen molar-refractivity contribution >= 4 is 5.97 Å². The zero-order valence-corrected chi connectivity index (χ0v) is 14.0. The predicted octanol–water partition coefficient (Wildman–Crippen LogP) is -0.299. The van der Waals surface area contributed by atoms with E-state index in [-0.39, 0.29) is 24.5 Å². The molecule has 3 unspecified atom stereocenters. The standard InChI is InChI=1S/C15H30NO2.ClH/c1-11(2)13-8-7-12(3)9-14(13)18-15(17)10-16(4,5)6;/h11-14H,7-10H2,1-6H3;1H/q+1;/p-1. The smallest absolute Gasteiger partial charge is 0.362 e. The first-order chi connectivity index (χ1) is 8.19. The fourth-order valence-electron chi connectivity index (χ4n) is 2.84. The number of likely N-dealkylation sites (N-methyl/N-ethyl adjacent to an activating group) is 1. The molecule has 0 saturated heterocycles. The van der Waals surface area contributed by atoms with Crippen LogP contribution in [0.2, 0.25) is 0 Å². The second kappa shape index (κ2) is 7.49. The summed E-state index contributed by atoms with van der Waals surface area (Å²) in [4.78, 5) is 12.0. The van der Waals surface area contributed by atoms with Gasteiger partial charge in [0.05, 0.1) is 21.1 Å².